The molecule has 53 heavy (non-hydrogen) atoms. The van der Waals surface area contributed by atoms with E-state index in [4.69, 9.17) is 0 Å². The first-order valence-corrected chi connectivity index (χ1v) is 21.7. The summed E-state index contributed by atoms with van der Waals surface area (Å²) in [6.45, 7) is 0. The Hall–Kier alpha value is -1.12. The van der Waals surface area contributed by atoms with Gasteiger partial charge in [0.25, 0.3) is 0 Å². The van der Waals surface area contributed by atoms with Crippen LogP contribution in [0.1, 0.15) is 11.1 Å². The molecule has 0 aliphatic heterocycles. The van der Waals surface area contributed by atoms with Gasteiger partial charge in [-0.3, -0.25) is 0 Å². The third kappa shape index (κ3) is 10.3. The molecule has 6 aromatic rings. The zero-order valence-electron chi connectivity index (χ0n) is 26.5. The van der Waals surface area contributed by atoms with Gasteiger partial charge in [0.2, 0.25) is 0 Å². The minimum Gasteiger partial charge on any atom is -0.406 e. The van der Waals surface area contributed by atoms with Crippen LogP contribution < -0.4 is 9.47 Å². The molecule has 6 aromatic carbocycles. The molecule has 0 aliphatic carbocycles. The summed E-state index contributed by atoms with van der Waals surface area (Å²) in [5, 5.41) is 0. The van der Waals surface area contributed by atoms with E-state index in [0.717, 1.165) is 72.3 Å². The second-order valence-corrected chi connectivity index (χ2v) is 18.2. The lowest BCUT2D eigenvalue weighted by atomic mass is 9.96. The van der Waals surface area contributed by atoms with E-state index in [1.807, 2.05) is 24.3 Å². The first-order chi connectivity index (χ1) is 25.0. The summed E-state index contributed by atoms with van der Waals surface area (Å²) in [7, 11) is 0. The Morgan fingerprint density at radius 2 is 0.660 bits per heavy atom. The van der Waals surface area contributed by atoms with E-state index in [1.54, 1.807) is 24.3 Å². The first kappa shape index (κ1) is 41.5. The summed E-state index contributed by atoms with van der Waals surface area (Å²) in [4.78, 5) is 0. The first-order valence-electron chi connectivity index (χ1n) is 15.2. The van der Waals surface area contributed by atoms with E-state index >= 15 is 0 Å². The number of benzene rings is 6. The van der Waals surface area contributed by atoms with Gasteiger partial charge in [-0.15, -0.1) is 26.3 Å². The van der Waals surface area contributed by atoms with Crippen LogP contribution in [-0.4, -0.2) is 12.7 Å². The van der Waals surface area contributed by atoms with Gasteiger partial charge < -0.3 is 9.47 Å². The third-order valence-corrected chi connectivity index (χ3v) is 16.6. The Bertz CT molecular complexity index is 2150. The maximum Gasteiger partial charge on any atom is 0.573 e. The molecule has 0 bridgehead atoms. The average molecular weight is 1400 g/mol. The Morgan fingerprint density at radius 3 is 0.943 bits per heavy atom. The van der Waals surface area contributed by atoms with Gasteiger partial charge in [-0.25, -0.2) is 0 Å². The van der Waals surface area contributed by atoms with Gasteiger partial charge in [-0.05, 0) is 234 Å². The quantitative estimate of drug-likeness (QED) is 0.112. The number of hydrogen-bond donors (Lipinski definition) is 0. The van der Waals surface area contributed by atoms with E-state index < -0.39 is 12.7 Å². The van der Waals surface area contributed by atoms with E-state index in [0.29, 0.717) is 0 Å². The third-order valence-electron chi connectivity index (χ3n) is 8.07. The Morgan fingerprint density at radius 1 is 0.377 bits per heavy atom. The van der Waals surface area contributed by atoms with E-state index in [2.05, 4.69) is 181 Å². The van der Waals surface area contributed by atoms with Gasteiger partial charge in [0.1, 0.15) is 11.5 Å². The van der Waals surface area contributed by atoms with Crippen molar-refractivity contribution in [2.75, 3.05) is 0 Å². The predicted octanol–water partition coefficient (Wildman–Crippen LogP) is 15.4. The molecule has 272 valence electrons. The highest BCUT2D eigenvalue weighted by Gasteiger charge is 2.32. The lowest BCUT2D eigenvalue weighted by Crippen LogP contribution is -2.16. The lowest BCUT2D eigenvalue weighted by Gasteiger charge is -2.15. The maximum absolute atomic E-state index is 12.6. The van der Waals surface area contributed by atoms with Crippen LogP contribution in [0, 0.1) is 21.4 Å². The summed E-state index contributed by atoms with van der Waals surface area (Å²) in [5.74, 6) is -0.512. The number of ether oxygens (including phenoxy) is 2. The summed E-state index contributed by atoms with van der Waals surface area (Å²) >= 11 is 14.0. The fourth-order valence-corrected chi connectivity index (χ4v) is 10.1. The van der Waals surface area contributed by atoms with Crippen molar-refractivity contribution < 1.29 is 35.8 Å². The van der Waals surface area contributed by atoms with E-state index in [-0.39, 0.29) is 11.5 Å². The standard InChI is InChI=1S/C39H20F6I6O2/c40-38(41,42)52-26-9-5-20(6-10-26)28-13-15-30(36(50)34(28)48)22-1-3-24(32(46)18-22)17-25-4-2-23(19-33(25)47)31-16-14-29(35(49)37(31)51)21-7-11-27(12-8-21)53-39(43,44)45/h1-16,18-19H,17H2. The molecule has 0 spiro atoms. The molecule has 0 fully saturated rings. The van der Waals surface area contributed by atoms with Crippen LogP contribution in [-0.2, 0) is 6.42 Å². The molecule has 0 saturated heterocycles. The zero-order valence-corrected chi connectivity index (χ0v) is 39.4. The molecule has 0 amide bonds. The van der Waals surface area contributed by atoms with E-state index in [1.165, 1.54) is 35.4 Å². The molecule has 0 atom stereocenters. The molecule has 0 aliphatic rings. The van der Waals surface area contributed by atoms with Crippen molar-refractivity contribution in [1.29, 1.82) is 0 Å². The Kier molecular flexibility index (Phi) is 13.4. The smallest absolute Gasteiger partial charge is 0.406 e. The van der Waals surface area contributed by atoms with Crippen LogP contribution in [0.4, 0.5) is 26.3 Å². The second kappa shape index (κ2) is 17.2. The molecular weight excluding hydrogens is 1380 g/mol. The van der Waals surface area contributed by atoms with Crippen LogP contribution in [0.3, 0.4) is 0 Å². The molecule has 0 unspecified atom stereocenters. The number of rotatable bonds is 8. The molecule has 14 heteroatoms. The molecule has 0 aromatic heterocycles. The van der Waals surface area contributed by atoms with Gasteiger partial charge in [-0.2, -0.15) is 0 Å². The number of alkyl halides is 6. The SMILES string of the molecule is FC(F)(F)Oc1ccc(-c2ccc(-c3ccc(Cc4ccc(-c5ccc(-c6ccc(OC(F)(F)F)cc6)c(I)c5I)cc4I)c(I)c3)c(I)c2I)cc1. The highest BCUT2D eigenvalue weighted by atomic mass is 127. The van der Waals surface area contributed by atoms with Crippen molar-refractivity contribution in [2.24, 2.45) is 0 Å². The van der Waals surface area contributed by atoms with Gasteiger partial charge in [0, 0.05) is 21.4 Å². The zero-order chi connectivity index (χ0) is 38.2. The van der Waals surface area contributed by atoms with Gasteiger partial charge >= 0.3 is 12.7 Å². The maximum atomic E-state index is 12.6. The fraction of sp³-hybridized carbons (Fsp3) is 0.0769. The Balaban J connectivity index is 1.18. The summed E-state index contributed by atoms with van der Waals surface area (Å²) in [6.07, 6.45) is -8.72. The minimum absolute atomic E-state index is 0.256. The highest BCUT2D eigenvalue weighted by molar-refractivity contribution is 14.1. The van der Waals surface area contributed by atoms with E-state index in [9.17, 15) is 26.3 Å². The van der Waals surface area contributed by atoms with Crippen molar-refractivity contribution in [3.8, 4) is 56.0 Å². The largest absolute Gasteiger partial charge is 0.573 e. The average Bonchev–Trinajstić information content (AvgIpc) is 3.08. The summed E-state index contributed by atoms with van der Waals surface area (Å²) in [6, 6.07) is 32.8. The van der Waals surface area contributed by atoms with Crippen LogP contribution in [0.15, 0.2) is 109 Å². The fourth-order valence-electron chi connectivity index (χ4n) is 5.58. The predicted molar refractivity (Wildman–Crippen MR) is 247 cm³/mol. The van der Waals surface area contributed by atoms with Crippen LogP contribution in [0.5, 0.6) is 11.5 Å². The van der Waals surface area contributed by atoms with Crippen molar-refractivity contribution >= 4 is 136 Å². The van der Waals surface area contributed by atoms with Crippen LogP contribution in [0.2, 0.25) is 0 Å². The van der Waals surface area contributed by atoms with Crippen LogP contribution >= 0.6 is 136 Å². The molecule has 6 rings (SSSR count). The van der Waals surface area contributed by atoms with Gasteiger partial charge in [-0.1, -0.05) is 72.8 Å². The molecule has 0 N–H and O–H groups in total. The second-order valence-electron chi connectivity index (χ2n) is 11.5. The van der Waals surface area contributed by atoms with Crippen molar-refractivity contribution in [3.63, 3.8) is 0 Å². The molecular formula is C39H20F6I6O2. The molecule has 0 saturated carbocycles. The monoisotopic (exact) mass is 1400 g/mol. The van der Waals surface area contributed by atoms with Crippen molar-refractivity contribution in [1.82, 2.24) is 0 Å². The normalized spacial score (nSPS) is 11.8. The summed E-state index contributed by atoms with van der Waals surface area (Å²) in [5.41, 5.74) is 10.1. The van der Waals surface area contributed by atoms with Crippen molar-refractivity contribution in [3.05, 3.63) is 142 Å². The summed E-state index contributed by atoms with van der Waals surface area (Å²) < 4.78 is 90.0. The number of halogens is 12. The molecule has 2 nitrogen and oxygen atoms in total. The minimum atomic E-state index is -4.74. The number of hydrogen-bond acceptors (Lipinski definition) is 2. The molecule has 0 heterocycles. The van der Waals surface area contributed by atoms with Crippen molar-refractivity contribution in [2.45, 2.75) is 19.1 Å². The van der Waals surface area contributed by atoms with Crippen LogP contribution in [0.25, 0.3) is 44.5 Å². The topological polar surface area (TPSA) is 18.5 Å². The lowest BCUT2D eigenvalue weighted by molar-refractivity contribution is -0.275. The highest BCUT2D eigenvalue weighted by Crippen LogP contribution is 2.39. The molecule has 0 radical (unpaired) electrons. The Labute approximate surface area is 383 Å². The van der Waals surface area contributed by atoms with Gasteiger partial charge in [0.05, 0.1) is 0 Å². The van der Waals surface area contributed by atoms with Gasteiger partial charge in [0.15, 0.2) is 0 Å².